The first kappa shape index (κ1) is 6.97. The van der Waals surface area contributed by atoms with E-state index in [1.807, 2.05) is 24.3 Å². The van der Waals surface area contributed by atoms with E-state index >= 15 is 0 Å². The summed E-state index contributed by atoms with van der Waals surface area (Å²) in [5, 5.41) is 0.771. The molecule has 0 saturated carbocycles. The summed E-state index contributed by atoms with van der Waals surface area (Å²) in [6.45, 7) is 0. The zero-order chi connectivity index (χ0) is 6.69. The minimum atomic E-state index is 0.597. The predicted molar refractivity (Wildman–Crippen MR) is 42.5 cm³/mol. The van der Waals surface area contributed by atoms with Gasteiger partial charge in [-0.25, -0.2) is 0 Å². The molecule has 1 aromatic carbocycles. The molecule has 0 radical (unpaired) electrons. The Bertz CT molecular complexity index is 198. The molecule has 9 heavy (non-hydrogen) atoms. The lowest BCUT2D eigenvalue weighted by Crippen LogP contribution is -1.79. The Labute approximate surface area is 65.3 Å². The molecule has 0 nitrogen and oxygen atoms in total. The van der Waals surface area contributed by atoms with Crippen LogP contribution in [0.15, 0.2) is 24.3 Å². The van der Waals surface area contributed by atoms with Gasteiger partial charge in [-0.2, -0.15) is 0 Å². The molecular formula is C7H6ClS-. The van der Waals surface area contributed by atoms with Crippen LogP contribution in [-0.4, -0.2) is 0 Å². The van der Waals surface area contributed by atoms with E-state index in [0.29, 0.717) is 5.75 Å². The van der Waals surface area contributed by atoms with Gasteiger partial charge < -0.3 is 12.6 Å². The molecule has 1 rings (SSSR count). The maximum atomic E-state index is 5.76. The van der Waals surface area contributed by atoms with Gasteiger partial charge in [0.25, 0.3) is 0 Å². The zero-order valence-corrected chi connectivity index (χ0v) is 6.38. The summed E-state index contributed by atoms with van der Waals surface area (Å²) in [6, 6.07) is 7.63. The van der Waals surface area contributed by atoms with Crippen molar-refractivity contribution < 1.29 is 0 Å². The third-order valence-corrected chi connectivity index (χ3v) is 1.79. The molecule has 0 spiro atoms. The summed E-state index contributed by atoms with van der Waals surface area (Å²) in [4.78, 5) is 0. The minimum absolute atomic E-state index is 0.597. The lowest BCUT2D eigenvalue weighted by Gasteiger charge is -2.04. The summed E-state index contributed by atoms with van der Waals surface area (Å²) in [6.07, 6.45) is 0. The molecule has 1 aromatic rings. The summed E-state index contributed by atoms with van der Waals surface area (Å²) in [5.74, 6) is 0.597. The molecule has 0 aromatic heterocycles. The van der Waals surface area contributed by atoms with Crippen LogP contribution in [-0.2, 0) is 18.4 Å². The highest BCUT2D eigenvalue weighted by atomic mass is 35.5. The summed E-state index contributed by atoms with van der Waals surface area (Å²) in [5.41, 5.74) is 1.04. The van der Waals surface area contributed by atoms with E-state index in [0.717, 1.165) is 10.6 Å². The highest BCUT2D eigenvalue weighted by Crippen LogP contribution is 2.14. The topological polar surface area (TPSA) is 0 Å². The van der Waals surface area contributed by atoms with Gasteiger partial charge in [-0.15, -0.1) is 5.75 Å². The predicted octanol–water partition coefficient (Wildman–Crippen LogP) is 2.39. The molecule has 0 atom stereocenters. The fraction of sp³-hybridized carbons (Fsp3) is 0.143. The van der Waals surface area contributed by atoms with Gasteiger partial charge in [0.1, 0.15) is 0 Å². The third-order valence-electron chi connectivity index (χ3n) is 1.11. The Morgan fingerprint density at radius 1 is 1.33 bits per heavy atom. The molecule has 0 N–H and O–H groups in total. The van der Waals surface area contributed by atoms with Gasteiger partial charge in [-0.3, -0.25) is 0 Å². The average molecular weight is 158 g/mol. The molecule has 0 aliphatic rings. The first-order valence-corrected chi connectivity index (χ1v) is 3.61. The molecule has 0 saturated heterocycles. The molecule has 0 amide bonds. The Morgan fingerprint density at radius 2 is 2.00 bits per heavy atom. The normalized spacial score (nSPS) is 9.56. The van der Waals surface area contributed by atoms with Gasteiger partial charge >= 0.3 is 0 Å². The first-order chi connectivity index (χ1) is 4.34. The average Bonchev–Trinajstić information content (AvgIpc) is 1.89. The van der Waals surface area contributed by atoms with Crippen LogP contribution in [0.5, 0.6) is 0 Å². The molecule has 0 aliphatic carbocycles. The Hall–Kier alpha value is -0.140. The monoisotopic (exact) mass is 157 g/mol. The van der Waals surface area contributed by atoms with Gasteiger partial charge in [0.05, 0.1) is 0 Å². The molecule has 48 valence electrons. The van der Waals surface area contributed by atoms with Crippen LogP contribution in [0.25, 0.3) is 0 Å². The standard InChI is InChI=1S/C7H7ClS/c8-7-4-2-1-3-6(7)5-9/h1-4,9H,5H2/p-1. The van der Waals surface area contributed by atoms with Gasteiger partial charge in [0, 0.05) is 5.02 Å². The number of benzene rings is 1. The molecule has 0 aliphatic heterocycles. The van der Waals surface area contributed by atoms with E-state index in [1.165, 1.54) is 0 Å². The fourth-order valence-electron chi connectivity index (χ4n) is 0.615. The molecule has 2 heteroatoms. The van der Waals surface area contributed by atoms with Gasteiger partial charge in [-0.1, -0.05) is 35.4 Å². The molecule has 0 unspecified atom stereocenters. The number of halogens is 1. The lowest BCUT2D eigenvalue weighted by atomic mass is 10.2. The van der Waals surface area contributed by atoms with Crippen molar-refractivity contribution in [1.29, 1.82) is 0 Å². The molecular weight excluding hydrogens is 152 g/mol. The second kappa shape index (κ2) is 3.14. The van der Waals surface area contributed by atoms with Crippen molar-refractivity contribution in [3.8, 4) is 0 Å². The molecule has 0 fully saturated rings. The van der Waals surface area contributed by atoms with Crippen molar-refractivity contribution in [2.75, 3.05) is 0 Å². The van der Waals surface area contributed by atoms with Gasteiger partial charge in [0.15, 0.2) is 0 Å². The Kier molecular flexibility index (Phi) is 2.43. The van der Waals surface area contributed by atoms with Crippen molar-refractivity contribution in [2.45, 2.75) is 5.75 Å². The van der Waals surface area contributed by atoms with Crippen molar-refractivity contribution in [3.05, 3.63) is 34.9 Å². The Morgan fingerprint density at radius 3 is 2.44 bits per heavy atom. The second-order valence-electron chi connectivity index (χ2n) is 1.74. The van der Waals surface area contributed by atoms with Gasteiger partial charge in [0.2, 0.25) is 0 Å². The minimum Gasteiger partial charge on any atom is -0.788 e. The smallest absolute Gasteiger partial charge is 0.0418 e. The number of hydrogen-bond acceptors (Lipinski definition) is 1. The highest BCUT2D eigenvalue weighted by Gasteiger charge is 1.88. The summed E-state index contributed by atoms with van der Waals surface area (Å²) in [7, 11) is 0. The van der Waals surface area contributed by atoms with Crippen LogP contribution in [0.2, 0.25) is 5.02 Å². The first-order valence-electron chi connectivity index (χ1n) is 2.66. The SMILES string of the molecule is [S-]Cc1ccccc1Cl. The summed E-state index contributed by atoms with van der Waals surface area (Å²) < 4.78 is 0. The van der Waals surface area contributed by atoms with Crippen LogP contribution in [0.1, 0.15) is 5.56 Å². The largest absolute Gasteiger partial charge is 0.788 e. The van der Waals surface area contributed by atoms with Crippen molar-refractivity contribution in [2.24, 2.45) is 0 Å². The quantitative estimate of drug-likeness (QED) is 0.565. The fourth-order valence-corrected chi connectivity index (χ4v) is 1.15. The third kappa shape index (κ3) is 1.63. The second-order valence-corrected chi connectivity index (χ2v) is 2.43. The molecule has 0 heterocycles. The number of rotatable bonds is 1. The van der Waals surface area contributed by atoms with Crippen molar-refractivity contribution >= 4 is 24.2 Å². The zero-order valence-electron chi connectivity index (χ0n) is 4.80. The van der Waals surface area contributed by atoms with E-state index in [-0.39, 0.29) is 0 Å². The van der Waals surface area contributed by atoms with E-state index in [2.05, 4.69) is 0 Å². The maximum Gasteiger partial charge on any atom is 0.0418 e. The number of hydrogen-bond donors (Lipinski definition) is 0. The van der Waals surface area contributed by atoms with Crippen molar-refractivity contribution in [3.63, 3.8) is 0 Å². The van der Waals surface area contributed by atoms with E-state index in [1.54, 1.807) is 0 Å². The van der Waals surface area contributed by atoms with E-state index in [4.69, 9.17) is 24.2 Å². The van der Waals surface area contributed by atoms with Crippen LogP contribution < -0.4 is 0 Å². The highest BCUT2D eigenvalue weighted by molar-refractivity contribution is 7.57. The van der Waals surface area contributed by atoms with Crippen molar-refractivity contribution in [1.82, 2.24) is 0 Å². The van der Waals surface area contributed by atoms with Crippen LogP contribution in [0.4, 0.5) is 0 Å². The van der Waals surface area contributed by atoms with Crippen LogP contribution >= 0.6 is 11.6 Å². The Balaban J connectivity index is 3.01. The van der Waals surface area contributed by atoms with E-state index in [9.17, 15) is 0 Å². The maximum absolute atomic E-state index is 5.76. The lowest BCUT2D eigenvalue weighted by molar-refractivity contribution is 1.43. The van der Waals surface area contributed by atoms with Crippen LogP contribution in [0.3, 0.4) is 0 Å². The summed E-state index contributed by atoms with van der Waals surface area (Å²) >= 11 is 10.6. The molecule has 0 bridgehead atoms. The van der Waals surface area contributed by atoms with Crippen LogP contribution in [0, 0.1) is 0 Å². The van der Waals surface area contributed by atoms with Gasteiger partial charge in [-0.05, 0) is 6.07 Å². The van der Waals surface area contributed by atoms with E-state index < -0.39 is 0 Å².